The number of ether oxygens (including phenoxy) is 1. The summed E-state index contributed by atoms with van der Waals surface area (Å²) in [5.74, 6) is -0.354. The summed E-state index contributed by atoms with van der Waals surface area (Å²) in [6.07, 6.45) is 2.20. The fourth-order valence-corrected chi connectivity index (χ4v) is 2.75. The van der Waals surface area contributed by atoms with Gasteiger partial charge in [-0.3, -0.25) is 4.79 Å². The average Bonchev–Trinajstić information content (AvgIpc) is 2.65. The highest BCUT2D eigenvalue weighted by atomic mass is 16.5. The molecular formula is C21H31N3O2. The van der Waals surface area contributed by atoms with Gasteiger partial charge in [0.2, 0.25) is 0 Å². The second kappa shape index (κ2) is 12.1. The summed E-state index contributed by atoms with van der Waals surface area (Å²) in [5.41, 5.74) is 2.89. The van der Waals surface area contributed by atoms with Crippen molar-refractivity contribution >= 4 is 17.2 Å². The smallest absolute Gasteiger partial charge is 0.262 e. The molecule has 1 aromatic carbocycles. The van der Waals surface area contributed by atoms with Crippen molar-refractivity contribution in [1.29, 1.82) is 5.26 Å². The van der Waals surface area contributed by atoms with Crippen LogP contribution in [-0.2, 0) is 9.53 Å². The number of rotatable bonds is 11. The van der Waals surface area contributed by atoms with Crippen LogP contribution in [0.25, 0.3) is 5.57 Å². The zero-order valence-electron chi connectivity index (χ0n) is 16.5. The molecule has 0 saturated carbocycles. The van der Waals surface area contributed by atoms with Crippen LogP contribution in [0.5, 0.6) is 0 Å². The van der Waals surface area contributed by atoms with Gasteiger partial charge in [0.1, 0.15) is 11.6 Å². The first-order chi connectivity index (χ1) is 12.6. The molecule has 0 fully saturated rings. The molecule has 1 aromatic rings. The Morgan fingerprint density at radius 3 is 2.27 bits per heavy atom. The molecule has 1 amide bonds. The molecule has 0 unspecified atom stereocenters. The zero-order valence-corrected chi connectivity index (χ0v) is 16.5. The van der Waals surface area contributed by atoms with Gasteiger partial charge in [-0.1, -0.05) is 26.0 Å². The van der Waals surface area contributed by atoms with E-state index in [4.69, 9.17) is 4.74 Å². The Morgan fingerprint density at radius 1 is 1.15 bits per heavy atom. The summed E-state index contributed by atoms with van der Waals surface area (Å²) < 4.78 is 5.20. The van der Waals surface area contributed by atoms with Gasteiger partial charge in [-0.2, -0.15) is 5.26 Å². The minimum atomic E-state index is -0.354. The van der Waals surface area contributed by atoms with E-state index in [0.717, 1.165) is 31.5 Å². The number of carbonyl (C=O) groups excluding carboxylic acids is 1. The quantitative estimate of drug-likeness (QED) is 0.372. The number of carbonyl (C=O) groups is 1. The molecule has 5 nitrogen and oxygen atoms in total. The first kappa shape index (κ1) is 21.7. The highest BCUT2D eigenvalue weighted by molar-refractivity contribution is 6.04. The van der Waals surface area contributed by atoms with E-state index in [9.17, 15) is 10.1 Å². The standard InChI is InChI=1S/C21H31N3O2/c1-5-13-24(14-6-2)19-10-8-18(9-11-19)17(4)20(16-22)21(25)23-12-15-26-7-3/h8-11H,5-7,12-15H2,1-4H3,(H,23,25)/b20-17+. The molecule has 0 aliphatic carbocycles. The first-order valence-corrected chi connectivity index (χ1v) is 9.41. The van der Waals surface area contributed by atoms with E-state index in [2.05, 4.69) is 36.2 Å². The number of nitrogens with one attached hydrogen (secondary N) is 1. The van der Waals surface area contributed by atoms with Crippen molar-refractivity contribution in [3.63, 3.8) is 0 Å². The second-order valence-electron chi connectivity index (χ2n) is 6.10. The fourth-order valence-electron chi connectivity index (χ4n) is 2.75. The lowest BCUT2D eigenvalue weighted by atomic mass is 10.0. The van der Waals surface area contributed by atoms with Gasteiger partial charge < -0.3 is 15.0 Å². The van der Waals surface area contributed by atoms with Crippen LogP contribution in [0.3, 0.4) is 0 Å². The van der Waals surface area contributed by atoms with Crippen molar-refractivity contribution in [2.24, 2.45) is 0 Å². The van der Waals surface area contributed by atoms with Gasteiger partial charge in [0.25, 0.3) is 5.91 Å². The van der Waals surface area contributed by atoms with Crippen molar-refractivity contribution in [1.82, 2.24) is 5.32 Å². The summed E-state index contributed by atoms with van der Waals surface area (Å²) in [4.78, 5) is 14.6. The lowest BCUT2D eigenvalue weighted by molar-refractivity contribution is -0.117. The Morgan fingerprint density at radius 2 is 1.77 bits per heavy atom. The predicted molar refractivity (Wildman–Crippen MR) is 107 cm³/mol. The van der Waals surface area contributed by atoms with Gasteiger partial charge in [-0.25, -0.2) is 0 Å². The third-order valence-electron chi connectivity index (χ3n) is 4.10. The number of nitrogens with zero attached hydrogens (tertiary/aromatic N) is 2. The van der Waals surface area contributed by atoms with Crippen LogP contribution in [0.4, 0.5) is 5.69 Å². The maximum Gasteiger partial charge on any atom is 0.262 e. The molecule has 0 aromatic heterocycles. The summed E-state index contributed by atoms with van der Waals surface area (Å²) in [5, 5.41) is 12.1. The van der Waals surface area contributed by atoms with Crippen LogP contribution in [0.15, 0.2) is 29.8 Å². The normalized spacial score (nSPS) is 11.5. The van der Waals surface area contributed by atoms with Crippen LogP contribution in [-0.4, -0.2) is 38.8 Å². The Bertz CT molecular complexity index is 624. The summed E-state index contributed by atoms with van der Waals surface area (Å²) >= 11 is 0. The molecule has 0 heterocycles. The molecule has 0 aliphatic heterocycles. The second-order valence-corrected chi connectivity index (χ2v) is 6.10. The van der Waals surface area contributed by atoms with Crippen molar-refractivity contribution in [3.8, 4) is 6.07 Å². The molecule has 0 aliphatic rings. The summed E-state index contributed by atoms with van der Waals surface area (Å²) in [7, 11) is 0. The number of benzene rings is 1. The van der Waals surface area contributed by atoms with Crippen LogP contribution in [0.1, 0.15) is 46.1 Å². The van der Waals surface area contributed by atoms with Crippen molar-refractivity contribution in [2.75, 3.05) is 37.7 Å². The van der Waals surface area contributed by atoms with Crippen LogP contribution in [0.2, 0.25) is 0 Å². The number of nitriles is 1. The lowest BCUT2D eigenvalue weighted by Gasteiger charge is -2.24. The maximum absolute atomic E-state index is 12.2. The predicted octanol–water partition coefficient (Wildman–Crippen LogP) is 3.76. The molecule has 26 heavy (non-hydrogen) atoms. The van der Waals surface area contributed by atoms with Crippen LogP contribution in [0, 0.1) is 11.3 Å². The van der Waals surface area contributed by atoms with E-state index in [1.807, 2.05) is 32.0 Å². The minimum absolute atomic E-state index is 0.147. The SMILES string of the molecule is CCCN(CCC)c1ccc(/C(C)=C(\C#N)C(=O)NCCOCC)cc1. The van der Waals surface area contributed by atoms with Gasteiger partial charge in [-0.05, 0) is 50.0 Å². The van der Waals surface area contributed by atoms with E-state index < -0.39 is 0 Å². The maximum atomic E-state index is 12.2. The van der Waals surface area contributed by atoms with Crippen molar-refractivity contribution < 1.29 is 9.53 Å². The summed E-state index contributed by atoms with van der Waals surface area (Å²) in [6.45, 7) is 11.5. The molecule has 0 spiro atoms. The number of amides is 1. The number of hydrogen-bond acceptors (Lipinski definition) is 4. The molecule has 0 atom stereocenters. The number of anilines is 1. The molecule has 1 rings (SSSR count). The Labute approximate surface area is 157 Å². The van der Waals surface area contributed by atoms with Crippen LogP contribution < -0.4 is 10.2 Å². The van der Waals surface area contributed by atoms with Crippen molar-refractivity contribution in [2.45, 2.75) is 40.5 Å². The third-order valence-corrected chi connectivity index (χ3v) is 4.10. The van der Waals surface area contributed by atoms with Crippen molar-refractivity contribution in [3.05, 3.63) is 35.4 Å². The monoisotopic (exact) mass is 357 g/mol. The average molecular weight is 357 g/mol. The lowest BCUT2D eigenvalue weighted by Crippen LogP contribution is -2.28. The number of hydrogen-bond donors (Lipinski definition) is 1. The van der Waals surface area contributed by atoms with E-state index in [0.29, 0.717) is 25.3 Å². The zero-order chi connectivity index (χ0) is 19.4. The Kier molecular flexibility index (Phi) is 10.1. The van der Waals surface area contributed by atoms with Gasteiger partial charge in [-0.15, -0.1) is 0 Å². The molecular weight excluding hydrogens is 326 g/mol. The number of allylic oxidation sites excluding steroid dienone is 1. The third kappa shape index (κ3) is 6.53. The highest BCUT2D eigenvalue weighted by Crippen LogP contribution is 2.22. The van der Waals surface area contributed by atoms with E-state index in [1.165, 1.54) is 5.69 Å². The molecule has 1 N–H and O–H groups in total. The molecule has 5 heteroatoms. The Hall–Kier alpha value is -2.32. The van der Waals surface area contributed by atoms with E-state index in [-0.39, 0.29) is 11.5 Å². The summed E-state index contributed by atoms with van der Waals surface area (Å²) in [6, 6.07) is 10.1. The van der Waals surface area contributed by atoms with Gasteiger partial charge in [0.15, 0.2) is 0 Å². The minimum Gasteiger partial charge on any atom is -0.380 e. The topological polar surface area (TPSA) is 65.4 Å². The highest BCUT2D eigenvalue weighted by Gasteiger charge is 2.14. The van der Waals surface area contributed by atoms with E-state index in [1.54, 1.807) is 0 Å². The molecule has 0 saturated heterocycles. The first-order valence-electron chi connectivity index (χ1n) is 9.41. The van der Waals surface area contributed by atoms with E-state index >= 15 is 0 Å². The molecule has 142 valence electrons. The Balaban J connectivity index is 2.91. The van der Waals surface area contributed by atoms with Gasteiger partial charge in [0.05, 0.1) is 6.61 Å². The van der Waals surface area contributed by atoms with Gasteiger partial charge in [0, 0.05) is 31.9 Å². The van der Waals surface area contributed by atoms with Crippen LogP contribution >= 0.6 is 0 Å². The van der Waals surface area contributed by atoms with Gasteiger partial charge >= 0.3 is 0 Å². The fraction of sp³-hybridized carbons (Fsp3) is 0.524. The molecule has 0 bridgehead atoms. The molecule has 0 radical (unpaired) electrons. The largest absolute Gasteiger partial charge is 0.380 e.